The van der Waals surface area contributed by atoms with E-state index >= 15 is 0 Å². The molecule has 8 heteroatoms. The minimum absolute atomic E-state index is 0.129. The van der Waals surface area contributed by atoms with Gasteiger partial charge >= 0.3 is 0 Å². The maximum absolute atomic E-state index is 11.9. The summed E-state index contributed by atoms with van der Waals surface area (Å²) in [7, 11) is 0. The van der Waals surface area contributed by atoms with Crippen LogP contribution in [0.3, 0.4) is 0 Å². The number of hydrogen-bond acceptors (Lipinski definition) is 5. The Morgan fingerprint density at radius 2 is 2.29 bits per heavy atom. The van der Waals surface area contributed by atoms with Crippen molar-refractivity contribution < 1.29 is 9.72 Å². The zero-order chi connectivity index (χ0) is 15.7. The molecule has 1 rings (SSSR count). The first-order valence-electron chi connectivity index (χ1n) is 6.04. The summed E-state index contributed by atoms with van der Waals surface area (Å²) in [5, 5.41) is 24.8. The number of anilines is 1. The van der Waals surface area contributed by atoms with Crippen LogP contribution in [-0.2, 0) is 4.79 Å². The minimum atomic E-state index is -0.642. The number of halogens is 1. The van der Waals surface area contributed by atoms with Crippen molar-refractivity contribution in [2.75, 3.05) is 17.7 Å². The second-order valence-corrected chi connectivity index (χ2v) is 4.31. The summed E-state index contributed by atoms with van der Waals surface area (Å²) in [5.74, 6) is -0.167. The third kappa shape index (κ3) is 5.50. The number of carbonyl (C=O) groups excluding carboxylic acids is 1. The van der Waals surface area contributed by atoms with Gasteiger partial charge in [0.1, 0.15) is 11.6 Å². The van der Waals surface area contributed by atoms with Crippen molar-refractivity contribution >= 4 is 28.9 Å². The van der Waals surface area contributed by atoms with E-state index in [2.05, 4.69) is 10.6 Å². The van der Waals surface area contributed by atoms with Crippen LogP contribution in [0.4, 0.5) is 11.4 Å². The second-order valence-electron chi connectivity index (χ2n) is 3.93. The molecule has 0 radical (unpaired) electrons. The molecule has 1 amide bonds. The number of nitro groups is 1. The molecule has 7 nitrogen and oxygen atoms in total. The van der Waals surface area contributed by atoms with E-state index in [0.717, 1.165) is 0 Å². The molecule has 0 aliphatic carbocycles. The van der Waals surface area contributed by atoms with Crippen molar-refractivity contribution in [2.24, 2.45) is 0 Å². The number of nitriles is 1. The molecular weight excluding hydrogens is 296 g/mol. The SMILES string of the molecule is N#C/C(=C/NCCCCl)C(=O)Nc1cccc([N+](=O)[O-])c1. The summed E-state index contributed by atoms with van der Waals surface area (Å²) >= 11 is 5.50. The lowest BCUT2D eigenvalue weighted by atomic mass is 10.2. The molecule has 110 valence electrons. The number of alkyl halides is 1. The highest BCUT2D eigenvalue weighted by atomic mass is 35.5. The van der Waals surface area contributed by atoms with Crippen molar-refractivity contribution in [3.05, 3.63) is 46.2 Å². The molecule has 2 N–H and O–H groups in total. The molecule has 0 atom stereocenters. The fraction of sp³-hybridized carbons (Fsp3) is 0.231. The topological polar surface area (TPSA) is 108 Å². The van der Waals surface area contributed by atoms with Gasteiger partial charge in [-0.15, -0.1) is 11.6 Å². The van der Waals surface area contributed by atoms with E-state index in [1.807, 2.05) is 0 Å². The molecule has 0 fully saturated rings. The van der Waals surface area contributed by atoms with Gasteiger partial charge in [-0.25, -0.2) is 0 Å². The zero-order valence-electron chi connectivity index (χ0n) is 11.0. The van der Waals surface area contributed by atoms with Crippen molar-refractivity contribution in [2.45, 2.75) is 6.42 Å². The van der Waals surface area contributed by atoms with Crippen LogP contribution in [0, 0.1) is 21.4 Å². The molecular formula is C13H13ClN4O3. The first-order chi connectivity index (χ1) is 10.1. The van der Waals surface area contributed by atoms with E-state index < -0.39 is 10.8 Å². The van der Waals surface area contributed by atoms with Gasteiger partial charge in [0.15, 0.2) is 0 Å². The standard InChI is InChI=1S/C13H13ClN4O3/c14-5-2-6-16-9-10(8-15)13(19)17-11-3-1-4-12(7-11)18(20)21/h1,3-4,7,9,16H,2,5-6H2,(H,17,19)/b10-9-. The molecule has 0 spiro atoms. The smallest absolute Gasteiger partial charge is 0.271 e. The largest absolute Gasteiger partial charge is 0.390 e. The van der Waals surface area contributed by atoms with Crippen LogP contribution in [0.15, 0.2) is 36.0 Å². The number of rotatable bonds is 7. The lowest BCUT2D eigenvalue weighted by molar-refractivity contribution is -0.384. The lowest BCUT2D eigenvalue weighted by Gasteiger charge is -2.04. The molecule has 0 aromatic heterocycles. The van der Waals surface area contributed by atoms with Gasteiger partial charge in [0.25, 0.3) is 11.6 Å². The number of benzene rings is 1. The molecule has 21 heavy (non-hydrogen) atoms. The summed E-state index contributed by atoms with van der Waals surface area (Å²) < 4.78 is 0. The van der Waals surface area contributed by atoms with Crippen molar-refractivity contribution in [1.29, 1.82) is 5.26 Å². The van der Waals surface area contributed by atoms with E-state index in [-0.39, 0.29) is 16.9 Å². The van der Waals surface area contributed by atoms with Gasteiger partial charge in [-0.3, -0.25) is 14.9 Å². The van der Waals surface area contributed by atoms with Gasteiger partial charge in [0.05, 0.1) is 4.92 Å². The van der Waals surface area contributed by atoms with Gasteiger partial charge in [-0.2, -0.15) is 5.26 Å². The van der Waals surface area contributed by atoms with Gasteiger partial charge in [-0.1, -0.05) is 6.07 Å². The quantitative estimate of drug-likeness (QED) is 0.200. The average Bonchev–Trinajstić information content (AvgIpc) is 2.47. The Hall–Kier alpha value is -2.59. The second kappa shape index (κ2) is 8.55. The van der Waals surface area contributed by atoms with Crippen LogP contribution in [0.25, 0.3) is 0 Å². The van der Waals surface area contributed by atoms with E-state index in [1.165, 1.54) is 30.5 Å². The minimum Gasteiger partial charge on any atom is -0.390 e. The third-order valence-electron chi connectivity index (χ3n) is 2.38. The Bertz CT molecular complexity index is 595. The van der Waals surface area contributed by atoms with Crippen LogP contribution in [0.2, 0.25) is 0 Å². The molecule has 0 aliphatic rings. The molecule has 1 aromatic carbocycles. The summed E-state index contributed by atoms with van der Waals surface area (Å²) in [5.41, 5.74) is -0.0253. The first kappa shape index (κ1) is 16.5. The fourth-order valence-electron chi connectivity index (χ4n) is 1.39. The summed E-state index contributed by atoms with van der Waals surface area (Å²) in [6, 6.07) is 7.23. The predicted molar refractivity (Wildman–Crippen MR) is 78.8 cm³/mol. The Balaban J connectivity index is 2.72. The number of nitrogens with zero attached hydrogens (tertiary/aromatic N) is 2. The Kier molecular flexibility index (Phi) is 6.71. The third-order valence-corrected chi connectivity index (χ3v) is 2.65. The van der Waals surface area contributed by atoms with E-state index in [4.69, 9.17) is 16.9 Å². The zero-order valence-corrected chi connectivity index (χ0v) is 11.8. The van der Waals surface area contributed by atoms with Crippen LogP contribution < -0.4 is 10.6 Å². The molecule has 0 aliphatic heterocycles. The average molecular weight is 309 g/mol. The summed E-state index contributed by atoms with van der Waals surface area (Å²) in [6.07, 6.45) is 1.99. The number of nitro benzene ring substituents is 1. The van der Waals surface area contributed by atoms with E-state index in [9.17, 15) is 14.9 Å². The molecule has 0 saturated heterocycles. The van der Waals surface area contributed by atoms with Crippen LogP contribution in [0.1, 0.15) is 6.42 Å². The van der Waals surface area contributed by atoms with Crippen molar-refractivity contribution in [3.63, 3.8) is 0 Å². The van der Waals surface area contributed by atoms with Gasteiger partial charge in [-0.05, 0) is 12.5 Å². The summed E-state index contributed by atoms with van der Waals surface area (Å²) in [6.45, 7) is 0.540. The fourth-order valence-corrected chi connectivity index (χ4v) is 1.52. The predicted octanol–water partition coefficient (Wildman–Crippen LogP) is 2.16. The highest BCUT2D eigenvalue weighted by Gasteiger charge is 2.11. The molecule has 0 heterocycles. The maximum Gasteiger partial charge on any atom is 0.271 e. The van der Waals surface area contributed by atoms with E-state index in [1.54, 1.807) is 6.07 Å². The monoisotopic (exact) mass is 308 g/mol. The van der Waals surface area contributed by atoms with Gasteiger partial charge < -0.3 is 10.6 Å². The van der Waals surface area contributed by atoms with Gasteiger partial charge in [0, 0.05) is 36.4 Å². The van der Waals surface area contributed by atoms with Crippen LogP contribution >= 0.6 is 11.6 Å². The highest BCUT2D eigenvalue weighted by molar-refractivity contribution is 6.17. The maximum atomic E-state index is 11.9. The molecule has 1 aromatic rings. The number of hydrogen-bond donors (Lipinski definition) is 2. The molecule has 0 bridgehead atoms. The highest BCUT2D eigenvalue weighted by Crippen LogP contribution is 2.17. The Labute approximate surface area is 126 Å². The van der Waals surface area contributed by atoms with Crippen molar-refractivity contribution in [3.8, 4) is 6.07 Å². The lowest BCUT2D eigenvalue weighted by Crippen LogP contribution is -2.17. The molecule has 0 saturated carbocycles. The molecule has 0 unspecified atom stereocenters. The van der Waals surface area contributed by atoms with E-state index in [0.29, 0.717) is 18.8 Å². The Morgan fingerprint density at radius 1 is 1.52 bits per heavy atom. The van der Waals surface area contributed by atoms with Crippen LogP contribution in [-0.4, -0.2) is 23.3 Å². The number of nitrogens with one attached hydrogen (secondary N) is 2. The summed E-state index contributed by atoms with van der Waals surface area (Å²) in [4.78, 5) is 21.9. The Morgan fingerprint density at radius 3 is 2.90 bits per heavy atom. The normalized spacial score (nSPS) is 10.6. The first-order valence-corrected chi connectivity index (χ1v) is 6.57. The number of amides is 1. The van der Waals surface area contributed by atoms with Crippen molar-refractivity contribution in [1.82, 2.24) is 5.32 Å². The van der Waals surface area contributed by atoms with Gasteiger partial charge in [0.2, 0.25) is 0 Å². The number of carbonyl (C=O) groups is 1. The number of non-ortho nitro benzene ring substituents is 1. The van der Waals surface area contributed by atoms with Crippen LogP contribution in [0.5, 0.6) is 0 Å².